The second-order valence-corrected chi connectivity index (χ2v) is 2.58. The van der Waals surface area contributed by atoms with Gasteiger partial charge in [0, 0.05) is 13.5 Å². The number of rotatable bonds is 2. The first-order valence-electron chi connectivity index (χ1n) is 4.48. The maximum absolute atomic E-state index is 10.4. The largest absolute Gasteiger partial charge is 0.461 e. The number of benzene rings is 1. The van der Waals surface area contributed by atoms with Crippen LogP contribution in [-0.2, 0) is 16.1 Å². The number of aliphatic hydroxyl groups excluding tert-OH is 1. The van der Waals surface area contributed by atoms with Gasteiger partial charge in [0.1, 0.15) is 6.61 Å². The summed E-state index contributed by atoms with van der Waals surface area (Å²) in [6, 6.07) is 9.60. The van der Waals surface area contributed by atoms with Crippen LogP contribution >= 0.6 is 0 Å². The molecule has 0 amide bonds. The highest BCUT2D eigenvalue weighted by atomic mass is 16.5. The topological polar surface area (TPSA) is 46.5 Å². The van der Waals surface area contributed by atoms with Gasteiger partial charge < -0.3 is 9.84 Å². The first-order valence-corrected chi connectivity index (χ1v) is 4.48. The van der Waals surface area contributed by atoms with Gasteiger partial charge in [-0.3, -0.25) is 4.79 Å². The number of esters is 1. The first kappa shape index (κ1) is 12.7. The van der Waals surface area contributed by atoms with Crippen molar-refractivity contribution in [3.8, 4) is 0 Å². The molecule has 3 nitrogen and oxygen atoms in total. The molecule has 1 aromatic carbocycles. The quantitative estimate of drug-likeness (QED) is 0.733. The minimum atomic E-state index is -0.242. The summed E-state index contributed by atoms with van der Waals surface area (Å²) in [6.45, 7) is 3.71. The third kappa shape index (κ3) is 7.31. The molecule has 0 spiro atoms. The molecular formula is C11H16O3. The monoisotopic (exact) mass is 196 g/mol. The molecule has 0 atom stereocenters. The van der Waals surface area contributed by atoms with Crippen LogP contribution in [-0.4, -0.2) is 17.7 Å². The Morgan fingerprint density at radius 3 is 2.29 bits per heavy atom. The van der Waals surface area contributed by atoms with Crippen LogP contribution in [0.3, 0.4) is 0 Å². The predicted molar refractivity (Wildman–Crippen MR) is 54.7 cm³/mol. The van der Waals surface area contributed by atoms with Crippen molar-refractivity contribution in [2.75, 3.05) is 6.61 Å². The number of carbonyl (C=O) groups excluding carboxylic acids is 1. The second kappa shape index (κ2) is 8.26. The van der Waals surface area contributed by atoms with Crippen LogP contribution < -0.4 is 0 Å². The van der Waals surface area contributed by atoms with Crippen LogP contribution in [0.15, 0.2) is 30.3 Å². The van der Waals surface area contributed by atoms with Gasteiger partial charge in [-0.1, -0.05) is 30.3 Å². The molecule has 0 radical (unpaired) electrons. The van der Waals surface area contributed by atoms with E-state index in [1.165, 1.54) is 6.92 Å². The molecule has 3 heteroatoms. The van der Waals surface area contributed by atoms with Crippen molar-refractivity contribution in [3.63, 3.8) is 0 Å². The lowest BCUT2D eigenvalue weighted by atomic mass is 10.2. The summed E-state index contributed by atoms with van der Waals surface area (Å²) in [7, 11) is 0. The summed E-state index contributed by atoms with van der Waals surface area (Å²) in [6.07, 6.45) is 0. The molecule has 78 valence electrons. The molecule has 0 saturated carbocycles. The summed E-state index contributed by atoms with van der Waals surface area (Å²) >= 11 is 0. The van der Waals surface area contributed by atoms with Crippen LogP contribution in [0.1, 0.15) is 19.4 Å². The Hall–Kier alpha value is -1.35. The Morgan fingerprint density at radius 2 is 1.86 bits per heavy atom. The Bertz CT molecular complexity index is 244. The molecule has 0 aromatic heterocycles. The minimum Gasteiger partial charge on any atom is -0.461 e. The van der Waals surface area contributed by atoms with Crippen LogP contribution in [0.2, 0.25) is 0 Å². The van der Waals surface area contributed by atoms with Crippen molar-refractivity contribution in [2.24, 2.45) is 0 Å². The van der Waals surface area contributed by atoms with E-state index in [9.17, 15) is 4.79 Å². The Balaban J connectivity index is 0.000000500. The SMILES string of the molecule is CC(=O)OCc1ccccc1.CCO. The molecule has 0 bridgehead atoms. The summed E-state index contributed by atoms with van der Waals surface area (Å²) in [5, 5.41) is 7.57. The highest BCUT2D eigenvalue weighted by molar-refractivity contribution is 5.65. The second-order valence-electron chi connectivity index (χ2n) is 2.58. The maximum atomic E-state index is 10.4. The molecule has 0 unspecified atom stereocenters. The average molecular weight is 196 g/mol. The lowest BCUT2D eigenvalue weighted by Gasteiger charge is -1.99. The number of ether oxygens (including phenoxy) is 1. The third-order valence-electron chi connectivity index (χ3n) is 1.28. The van der Waals surface area contributed by atoms with Crippen LogP contribution in [0.25, 0.3) is 0 Å². The normalized spacial score (nSPS) is 8.50. The molecule has 1 rings (SSSR count). The van der Waals surface area contributed by atoms with E-state index in [2.05, 4.69) is 0 Å². The fourth-order valence-electron chi connectivity index (χ4n) is 0.759. The number of hydrogen-bond donors (Lipinski definition) is 1. The smallest absolute Gasteiger partial charge is 0.302 e. The Morgan fingerprint density at radius 1 is 1.36 bits per heavy atom. The number of aliphatic hydroxyl groups is 1. The van der Waals surface area contributed by atoms with E-state index >= 15 is 0 Å². The summed E-state index contributed by atoms with van der Waals surface area (Å²) in [4.78, 5) is 10.4. The zero-order chi connectivity index (χ0) is 10.8. The van der Waals surface area contributed by atoms with Gasteiger partial charge in [0.2, 0.25) is 0 Å². The Labute approximate surface area is 84.3 Å². The molecule has 0 saturated heterocycles. The Kier molecular flexibility index (Phi) is 7.46. The zero-order valence-corrected chi connectivity index (χ0v) is 8.56. The van der Waals surface area contributed by atoms with Gasteiger partial charge in [-0.25, -0.2) is 0 Å². The maximum Gasteiger partial charge on any atom is 0.302 e. The fraction of sp³-hybridized carbons (Fsp3) is 0.364. The molecule has 14 heavy (non-hydrogen) atoms. The van der Waals surface area contributed by atoms with Crippen LogP contribution in [0.4, 0.5) is 0 Å². The van der Waals surface area contributed by atoms with Gasteiger partial charge in [-0.05, 0) is 12.5 Å². The highest BCUT2D eigenvalue weighted by Crippen LogP contribution is 1.99. The van der Waals surface area contributed by atoms with Crippen molar-refractivity contribution >= 4 is 5.97 Å². The van der Waals surface area contributed by atoms with Crippen LogP contribution in [0.5, 0.6) is 0 Å². The molecule has 1 N–H and O–H groups in total. The number of carbonyl (C=O) groups is 1. The molecule has 1 aromatic rings. The van der Waals surface area contributed by atoms with Gasteiger partial charge in [0.15, 0.2) is 0 Å². The summed E-state index contributed by atoms with van der Waals surface area (Å²) in [5.74, 6) is -0.242. The molecular weight excluding hydrogens is 180 g/mol. The third-order valence-corrected chi connectivity index (χ3v) is 1.28. The van der Waals surface area contributed by atoms with Gasteiger partial charge in [-0.2, -0.15) is 0 Å². The van der Waals surface area contributed by atoms with E-state index < -0.39 is 0 Å². The first-order chi connectivity index (χ1) is 6.70. The van der Waals surface area contributed by atoms with E-state index in [1.807, 2.05) is 30.3 Å². The zero-order valence-electron chi connectivity index (χ0n) is 8.56. The lowest BCUT2D eigenvalue weighted by Crippen LogP contribution is -1.97. The van der Waals surface area contributed by atoms with Crippen molar-refractivity contribution in [1.82, 2.24) is 0 Å². The van der Waals surface area contributed by atoms with Crippen molar-refractivity contribution in [2.45, 2.75) is 20.5 Å². The van der Waals surface area contributed by atoms with Gasteiger partial charge >= 0.3 is 5.97 Å². The van der Waals surface area contributed by atoms with Gasteiger partial charge in [0.25, 0.3) is 0 Å². The predicted octanol–water partition coefficient (Wildman–Crippen LogP) is 1.75. The van der Waals surface area contributed by atoms with E-state index in [0.717, 1.165) is 5.56 Å². The molecule has 0 aliphatic rings. The molecule has 0 aliphatic carbocycles. The standard InChI is InChI=1S/C9H10O2.C2H6O/c1-8(10)11-7-9-5-3-2-4-6-9;1-2-3/h2-6H,7H2,1H3;3H,2H2,1H3. The summed E-state index contributed by atoms with van der Waals surface area (Å²) in [5.41, 5.74) is 1.02. The van der Waals surface area contributed by atoms with Crippen LogP contribution in [0, 0.1) is 0 Å². The van der Waals surface area contributed by atoms with E-state index in [0.29, 0.717) is 6.61 Å². The molecule has 0 aliphatic heterocycles. The lowest BCUT2D eigenvalue weighted by molar-refractivity contribution is -0.142. The minimum absolute atomic E-state index is 0.242. The summed E-state index contributed by atoms with van der Waals surface area (Å²) < 4.78 is 4.79. The van der Waals surface area contributed by atoms with Crippen molar-refractivity contribution in [3.05, 3.63) is 35.9 Å². The molecule has 0 heterocycles. The number of hydrogen-bond acceptors (Lipinski definition) is 3. The molecule has 0 fully saturated rings. The van der Waals surface area contributed by atoms with Crippen molar-refractivity contribution in [1.29, 1.82) is 0 Å². The van der Waals surface area contributed by atoms with Crippen molar-refractivity contribution < 1.29 is 14.6 Å². The highest BCUT2D eigenvalue weighted by Gasteiger charge is 1.93. The van der Waals surface area contributed by atoms with E-state index in [1.54, 1.807) is 6.92 Å². The van der Waals surface area contributed by atoms with E-state index in [-0.39, 0.29) is 12.6 Å². The van der Waals surface area contributed by atoms with Gasteiger partial charge in [-0.15, -0.1) is 0 Å². The fourth-order valence-corrected chi connectivity index (χ4v) is 0.759. The van der Waals surface area contributed by atoms with E-state index in [4.69, 9.17) is 9.84 Å². The average Bonchev–Trinajstić information content (AvgIpc) is 2.18. The van der Waals surface area contributed by atoms with Gasteiger partial charge in [0.05, 0.1) is 0 Å².